The lowest BCUT2D eigenvalue weighted by Gasteiger charge is -2.21. The van der Waals surface area contributed by atoms with E-state index in [4.69, 9.17) is 5.26 Å². The van der Waals surface area contributed by atoms with Gasteiger partial charge >= 0.3 is 0 Å². The molecule has 1 aromatic rings. The Morgan fingerprint density at radius 2 is 2.30 bits per heavy atom. The largest absolute Gasteiger partial charge is 0.313 e. The maximum Gasteiger partial charge on any atom is 0.218 e. The average molecular weight is 293 g/mol. The van der Waals surface area contributed by atoms with Gasteiger partial charge < -0.3 is 5.32 Å². The molecule has 1 unspecified atom stereocenters. The van der Waals surface area contributed by atoms with Crippen molar-refractivity contribution in [2.45, 2.75) is 24.6 Å². The van der Waals surface area contributed by atoms with Crippen LogP contribution in [0.15, 0.2) is 24.3 Å². The minimum absolute atomic E-state index is 0.0638. The summed E-state index contributed by atoms with van der Waals surface area (Å²) in [6, 6.07) is 9.01. The van der Waals surface area contributed by atoms with Gasteiger partial charge in [-0.25, -0.2) is 12.7 Å². The van der Waals surface area contributed by atoms with Crippen LogP contribution in [0.3, 0.4) is 0 Å². The van der Waals surface area contributed by atoms with Crippen molar-refractivity contribution in [3.05, 3.63) is 35.4 Å². The van der Waals surface area contributed by atoms with Crippen LogP contribution in [0.5, 0.6) is 0 Å². The molecule has 0 amide bonds. The third-order valence-corrected chi connectivity index (χ3v) is 5.32. The minimum Gasteiger partial charge on any atom is -0.313 e. The van der Waals surface area contributed by atoms with Crippen LogP contribution in [0.2, 0.25) is 0 Å². The lowest BCUT2D eigenvalue weighted by molar-refractivity contribution is 0.417. The summed E-state index contributed by atoms with van der Waals surface area (Å²) in [6.07, 6.45) is 2.12. The molecule has 1 aliphatic rings. The molecule has 0 aromatic heterocycles. The van der Waals surface area contributed by atoms with Gasteiger partial charge in [0.05, 0.1) is 17.4 Å². The summed E-state index contributed by atoms with van der Waals surface area (Å²) >= 11 is 0. The van der Waals surface area contributed by atoms with Crippen molar-refractivity contribution in [1.29, 1.82) is 5.26 Å². The van der Waals surface area contributed by atoms with Gasteiger partial charge in [0, 0.05) is 19.6 Å². The van der Waals surface area contributed by atoms with E-state index in [9.17, 15) is 8.42 Å². The van der Waals surface area contributed by atoms with Crippen molar-refractivity contribution >= 4 is 10.0 Å². The lowest BCUT2D eigenvalue weighted by atomic mass is 10.2. The summed E-state index contributed by atoms with van der Waals surface area (Å²) in [5.74, 6) is -0.0638. The molecule has 0 saturated carbocycles. The predicted octanol–water partition coefficient (Wildman–Crippen LogP) is 1.07. The third-order valence-electron chi connectivity index (χ3n) is 3.52. The highest BCUT2D eigenvalue weighted by Crippen LogP contribution is 2.14. The van der Waals surface area contributed by atoms with E-state index in [1.54, 1.807) is 31.3 Å². The Bertz CT molecular complexity index is 601. The SMILES string of the molecule is CN(CC1CCCN1)S(=O)(=O)Cc1cccc(C#N)c1. The number of likely N-dealkylation sites (N-methyl/N-ethyl adjacent to an activating group) is 1. The van der Waals surface area contributed by atoms with Crippen LogP contribution >= 0.6 is 0 Å². The molecule has 20 heavy (non-hydrogen) atoms. The second-order valence-corrected chi connectivity index (χ2v) is 7.22. The fourth-order valence-electron chi connectivity index (χ4n) is 2.39. The van der Waals surface area contributed by atoms with Gasteiger partial charge in [-0.1, -0.05) is 12.1 Å². The summed E-state index contributed by atoms with van der Waals surface area (Å²) in [6.45, 7) is 1.46. The van der Waals surface area contributed by atoms with E-state index in [0.29, 0.717) is 17.7 Å². The van der Waals surface area contributed by atoms with Crippen molar-refractivity contribution in [1.82, 2.24) is 9.62 Å². The maximum atomic E-state index is 12.3. The highest BCUT2D eigenvalue weighted by Gasteiger charge is 2.23. The van der Waals surface area contributed by atoms with E-state index in [0.717, 1.165) is 19.4 Å². The Morgan fingerprint density at radius 1 is 1.50 bits per heavy atom. The molecule has 0 aliphatic carbocycles. The molecule has 0 bridgehead atoms. The number of rotatable bonds is 5. The van der Waals surface area contributed by atoms with Crippen LogP contribution in [0, 0.1) is 11.3 Å². The Morgan fingerprint density at radius 3 is 2.95 bits per heavy atom. The normalized spacial score (nSPS) is 19.1. The molecule has 2 rings (SSSR count). The minimum atomic E-state index is -3.34. The van der Waals surface area contributed by atoms with Gasteiger partial charge in [0.25, 0.3) is 0 Å². The fourth-order valence-corrected chi connectivity index (χ4v) is 3.62. The number of nitrogens with one attached hydrogen (secondary N) is 1. The summed E-state index contributed by atoms with van der Waals surface area (Å²) in [7, 11) is -1.73. The first-order valence-electron chi connectivity index (χ1n) is 6.68. The number of benzene rings is 1. The van der Waals surface area contributed by atoms with Crippen LogP contribution in [0.25, 0.3) is 0 Å². The number of hydrogen-bond donors (Lipinski definition) is 1. The molecule has 108 valence electrons. The molecule has 5 nitrogen and oxygen atoms in total. The molecule has 0 spiro atoms. The molecule has 1 N–H and O–H groups in total. The number of sulfonamides is 1. The molecule has 1 aliphatic heterocycles. The second-order valence-electron chi connectivity index (χ2n) is 5.14. The standard InChI is InChI=1S/C14H19N3O2S/c1-17(10-14-6-3-7-16-14)20(18,19)11-13-5-2-4-12(8-13)9-15/h2,4-5,8,14,16H,3,6-7,10-11H2,1H3. The van der Waals surface area contributed by atoms with Gasteiger partial charge in [0.15, 0.2) is 0 Å². The molecule has 6 heteroatoms. The molecule has 1 fully saturated rings. The quantitative estimate of drug-likeness (QED) is 0.881. The zero-order chi connectivity index (χ0) is 14.6. The maximum absolute atomic E-state index is 12.3. The third kappa shape index (κ3) is 3.79. The Labute approximate surface area is 120 Å². The molecule has 1 heterocycles. The first-order valence-corrected chi connectivity index (χ1v) is 8.28. The van der Waals surface area contributed by atoms with Crippen LogP contribution in [-0.4, -0.2) is 38.9 Å². The second kappa shape index (κ2) is 6.35. The van der Waals surface area contributed by atoms with Crippen LogP contribution in [0.4, 0.5) is 0 Å². The van der Waals surface area contributed by atoms with E-state index < -0.39 is 10.0 Å². The van der Waals surface area contributed by atoms with E-state index >= 15 is 0 Å². The number of nitrogens with zero attached hydrogens (tertiary/aromatic N) is 2. The van der Waals surface area contributed by atoms with Gasteiger partial charge in [0.1, 0.15) is 0 Å². The summed E-state index contributed by atoms with van der Waals surface area (Å²) in [5.41, 5.74) is 1.13. The predicted molar refractivity (Wildman–Crippen MR) is 77.4 cm³/mol. The number of hydrogen-bond acceptors (Lipinski definition) is 4. The molecular formula is C14H19N3O2S. The zero-order valence-electron chi connectivity index (χ0n) is 11.5. The monoisotopic (exact) mass is 293 g/mol. The van der Waals surface area contributed by atoms with Gasteiger partial charge in [0.2, 0.25) is 10.0 Å². The van der Waals surface area contributed by atoms with Crippen molar-refractivity contribution in [3.8, 4) is 6.07 Å². The molecule has 0 radical (unpaired) electrons. The van der Waals surface area contributed by atoms with Crippen LogP contribution < -0.4 is 5.32 Å². The van der Waals surface area contributed by atoms with E-state index in [-0.39, 0.29) is 11.8 Å². The highest BCUT2D eigenvalue weighted by molar-refractivity contribution is 7.88. The van der Waals surface area contributed by atoms with Gasteiger partial charge in [-0.3, -0.25) is 0 Å². The topological polar surface area (TPSA) is 73.2 Å². The molecule has 1 atom stereocenters. The summed E-state index contributed by atoms with van der Waals surface area (Å²) in [5, 5.41) is 12.1. The summed E-state index contributed by atoms with van der Waals surface area (Å²) < 4.78 is 26.0. The smallest absolute Gasteiger partial charge is 0.218 e. The first-order chi connectivity index (χ1) is 9.51. The Kier molecular flexibility index (Phi) is 4.76. The number of nitriles is 1. The molecule has 1 aromatic carbocycles. The Balaban J connectivity index is 2.03. The van der Waals surface area contributed by atoms with Crippen molar-refractivity contribution in [2.24, 2.45) is 0 Å². The molecular weight excluding hydrogens is 274 g/mol. The Hall–Kier alpha value is -1.42. The highest BCUT2D eigenvalue weighted by atomic mass is 32.2. The fraction of sp³-hybridized carbons (Fsp3) is 0.500. The van der Waals surface area contributed by atoms with Gasteiger partial charge in [-0.2, -0.15) is 5.26 Å². The van der Waals surface area contributed by atoms with E-state index in [1.165, 1.54) is 4.31 Å². The average Bonchev–Trinajstić information content (AvgIpc) is 2.91. The summed E-state index contributed by atoms with van der Waals surface area (Å²) in [4.78, 5) is 0. The zero-order valence-corrected chi connectivity index (χ0v) is 12.4. The van der Waals surface area contributed by atoms with Crippen molar-refractivity contribution in [3.63, 3.8) is 0 Å². The van der Waals surface area contributed by atoms with E-state index in [2.05, 4.69) is 5.32 Å². The van der Waals surface area contributed by atoms with E-state index in [1.807, 2.05) is 6.07 Å². The first kappa shape index (κ1) is 15.0. The van der Waals surface area contributed by atoms with Crippen molar-refractivity contribution in [2.75, 3.05) is 20.1 Å². The van der Waals surface area contributed by atoms with Crippen LogP contribution in [-0.2, 0) is 15.8 Å². The van der Waals surface area contributed by atoms with Gasteiger partial charge in [-0.15, -0.1) is 0 Å². The van der Waals surface area contributed by atoms with Gasteiger partial charge in [-0.05, 0) is 37.1 Å². The van der Waals surface area contributed by atoms with Crippen LogP contribution in [0.1, 0.15) is 24.0 Å². The lowest BCUT2D eigenvalue weighted by Crippen LogP contribution is -2.39. The van der Waals surface area contributed by atoms with Crippen molar-refractivity contribution < 1.29 is 8.42 Å². The molecule has 1 saturated heterocycles.